The molecule has 0 saturated carbocycles. The molecule has 0 spiro atoms. The van der Waals surface area contributed by atoms with Gasteiger partial charge in [-0.3, -0.25) is 0 Å². The molecule has 1 aliphatic rings. The summed E-state index contributed by atoms with van der Waals surface area (Å²) in [6.45, 7) is 4.67. The van der Waals surface area contributed by atoms with Gasteiger partial charge in [0, 0.05) is 0 Å². The van der Waals surface area contributed by atoms with Gasteiger partial charge < -0.3 is 0 Å². The van der Waals surface area contributed by atoms with Crippen LogP contribution in [0.4, 0.5) is 0 Å². The van der Waals surface area contributed by atoms with Crippen LogP contribution in [0.5, 0.6) is 0 Å². The fourth-order valence-electron chi connectivity index (χ4n) is 4.25. The van der Waals surface area contributed by atoms with Gasteiger partial charge in [-0.1, -0.05) is 0 Å². The van der Waals surface area contributed by atoms with E-state index in [0.29, 0.717) is 0 Å². The Morgan fingerprint density at radius 2 is 1.60 bits per heavy atom. The number of halogens is 3. The Bertz CT molecular complexity index is 772. The number of hydrogen-bond acceptors (Lipinski definition) is 0. The summed E-state index contributed by atoms with van der Waals surface area (Å²) in [6, 6.07) is 20.4. The molecule has 0 bridgehead atoms. The van der Waals surface area contributed by atoms with Gasteiger partial charge in [-0.05, 0) is 0 Å². The first kappa shape index (κ1) is 19.7. The first-order valence-corrected chi connectivity index (χ1v) is 18.7. The summed E-state index contributed by atoms with van der Waals surface area (Å²) in [5.74, 6) is 0. The number of unbranched alkanes of at least 4 members (excludes halogenated alkanes) is 1. The molecule has 25 heavy (non-hydrogen) atoms. The van der Waals surface area contributed by atoms with Crippen LogP contribution in [0, 0.1) is 0 Å². The fourth-order valence-corrected chi connectivity index (χ4v) is 24.5. The van der Waals surface area contributed by atoms with Crippen LogP contribution in [0.1, 0.15) is 30.9 Å². The predicted molar refractivity (Wildman–Crippen MR) is 112 cm³/mol. The average Bonchev–Trinajstić information content (AvgIpc) is 3.01. The Labute approximate surface area is 167 Å². The zero-order chi connectivity index (χ0) is 18.1. The van der Waals surface area contributed by atoms with Crippen LogP contribution in [0.15, 0.2) is 60.7 Å². The summed E-state index contributed by atoms with van der Waals surface area (Å²) in [5, 5.41) is 1.39. The van der Waals surface area contributed by atoms with E-state index in [2.05, 4.69) is 80.2 Å². The topological polar surface area (TPSA) is 0 Å². The Hall–Kier alpha value is -0.0188. The van der Waals surface area contributed by atoms with Crippen molar-refractivity contribution in [1.29, 1.82) is 0 Å². The van der Waals surface area contributed by atoms with Gasteiger partial charge in [0.25, 0.3) is 0 Å². The van der Waals surface area contributed by atoms with Gasteiger partial charge in [0.2, 0.25) is 0 Å². The maximum atomic E-state index is 6.94. The summed E-state index contributed by atoms with van der Waals surface area (Å²) in [6.07, 6.45) is 6.77. The third-order valence-corrected chi connectivity index (χ3v) is 22.7. The Balaban J connectivity index is 2.29. The minimum absolute atomic E-state index is 0.384. The predicted octanol–water partition coefficient (Wildman–Crippen LogP) is 6.85. The molecule has 0 saturated heterocycles. The molecule has 0 nitrogen and oxygen atoms in total. The molecule has 132 valence electrons. The van der Waals surface area contributed by atoms with Gasteiger partial charge in [0.05, 0.1) is 0 Å². The maximum absolute atomic E-state index is 6.94. The molecule has 0 aromatic heterocycles. The van der Waals surface area contributed by atoms with Crippen molar-refractivity contribution in [1.82, 2.24) is 0 Å². The second-order valence-electron chi connectivity index (χ2n) is 7.03. The van der Waals surface area contributed by atoms with Gasteiger partial charge in [-0.25, -0.2) is 0 Å². The van der Waals surface area contributed by atoms with E-state index in [1.165, 1.54) is 22.7 Å². The van der Waals surface area contributed by atoms with E-state index >= 15 is 0 Å². The summed E-state index contributed by atoms with van der Waals surface area (Å²) in [4.78, 5) is 0. The van der Waals surface area contributed by atoms with Crippen LogP contribution in [0.25, 0.3) is 6.08 Å². The van der Waals surface area contributed by atoms with E-state index in [9.17, 15) is 0 Å². The fraction of sp³-hybridized carbons (Fsp3) is 0.300. The quantitative estimate of drug-likeness (QED) is 0.427. The van der Waals surface area contributed by atoms with E-state index in [1.807, 2.05) is 0 Å². The third-order valence-electron chi connectivity index (χ3n) is 5.66. The normalized spacial score (nSPS) is 21.8. The molecule has 0 radical (unpaired) electrons. The van der Waals surface area contributed by atoms with E-state index < -0.39 is 21.5 Å². The zero-order valence-electron chi connectivity index (χ0n) is 14.6. The Kier molecular flexibility index (Phi) is 5.95. The SMILES string of the molecule is CCCC[Si](C)(c1ccccc1)[C]1([Ti]([Cl])([Cl])[Cl])C=Cc2ccccc21. The second kappa shape index (κ2) is 7.54. The number of hydrogen-bond donors (Lipinski definition) is 0. The zero-order valence-corrected chi connectivity index (χ0v) is 19.4. The summed E-state index contributed by atoms with van der Waals surface area (Å²) >= 11 is -3.70. The third kappa shape index (κ3) is 3.22. The number of allylic oxidation sites excluding steroid dienone is 1. The molecule has 3 rings (SSSR count). The first-order chi connectivity index (χ1) is 11.9. The van der Waals surface area contributed by atoms with E-state index in [0.717, 1.165) is 12.5 Å². The molecule has 2 aromatic carbocycles. The number of benzene rings is 2. The molecule has 0 fully saturated rings. The Morgan fingerprint density at radius 1 is 0.960 bits per heavy atom. The molecule has 0 N–H and O–H groups in total. The van der Waals surface area contributed by atoms with Gasteiger partial charge in [0.1, 0.15) is 0 Å². The van der Waals surface area contributed by atoms with Crippen molar-refractivity contribution >= 4 is 47.3 Å². The van der Waals surface area contributed by atoms with Crippen LogP contribution in [0.2, 0.25) is 12.6 Å². The van der Waals surface area contributed by atoms with Crippen molar-refractivity contribution in [3.05, 3.63) is 71.8 Å². The van der Waals surface area contributed by atoms with Crippen molar-refractivity contribution in [2.24, 2.45) is 0 Å². The summed E-state index contributed by atoms with van der Waals surface area (Å²) in [5.41, 5.74) is 2.45. The number of rotatable bonds is 6. The molecular weight excluding hydrogens is 423 g/mol. The molecule has 2 atom stereocenters. The average molecular weight is 446 g/mol. The van der Waals surface area contributed by atoms with Gasteiger partial charge in [-0.15, -0.1) is 0 Å². The molecule has 5 heteroatoms. The van der Waals surface area contributed by atoms with Crippen LogP contribution < -0.4 is 5.19 Å². The monoisotopic (exact) mass is 444 g/mol. The van der Waals surface area contributed by atoms with Gasteiger partial charge in [0.15, 0.2) is 0 Å². The molecule has 0 amide bonds. The second-order valence-corrected chi connectivity index (χ2v) is 24.5. The van der Waals surface area contributed by atoms with Crippen LogP contribution in [-0.2, 0) is 16.7 Å². The van der Waals surface area contributed by atoms with Crippen LogP contribution in [0.3, 0.4) is 0 Å². The van der Waals surface area contributed by atoms with Crippen molar-refractivity contribution < 1.29 is 13.4 Å². The first-order valence-electron chi connectivity index (χ1n) is 8.78. The summed E-state index contributed by atoms with van der Waals surface area (Å²) < 4.78 is -0.384. The van der Waals surface area contributed by atoms with E-state index in [-0.39, 0.29) is 3.34 Å². The van der Waals surface area contributed by atoms with Gasteiger partial charge >= 0.3 is 168 Å². The van der Waals surface area contributed by atoms with Crippen LogP contribution in [-0.4, -0.2) is 8.07 Å². The van der Waals surface area contributed by atoms with Crippen molar-refractivity contribution in [2.45, 2.75) is 35.7 Å². The summed E-state index contributed by atoms with van der Waals surface area (Å²) in [7, 11) is 18.7. The molecule has 0 heterocycles. The van der Waals surface area contributed by atoms with Crippen LogP contribution >= 0.6 is 27.9 Å². The van der Waals surface area contributed by atoms with Gasteiger partial charge in [-0.2, -0.15) is 0 Å². The van der Waals surface area contributed by atoms with E-state index in [1.54, 1.807) is 0 Å². The molecule has 0 aliphatic heterocycles. The number of fused-ring (bicyclic) bond motifs is 1. The minimum atomic E-state index is -3.70. The molecular formula is C20H23Cl3SiTi. The van der Waals surface area contributed by atoms with Crippen molar-refractivity contribution in [3.8, 4) is 0 Å². The van der Waals surface area contributed by atoms with E-state index in [4.69, 9.17) is 27.9 Å². The molecule has 2 aromatic rings. The Morgan fingerprint density at radius 3 is 2.24 bits per heavy atom. The van der Waals surface area contributed by atoms with Crippen molar-refractivity contribution in [3.63, 3.8) is 0 Å². The molecule has 1 aliphatic carbocycles. The van der Waals surface area contributed by atoms with Crippen molar-refractivity contribution in [2.75, 3.05) is 0 Å². The standard InChI is InChI=1S/C20H23Si.3ClH.Ti/c1-3-4-16-21(2,18-11-6-5-7-12-18)20-15-14-17-10-8-9-13-19(17)20;;;;/h5-15H,3-4,16H2,1-2H3;3*1H;/q;;;;+3/p-3. The molecule has 2 unspecified atom stereocenters.